The molecule has 1 rings (SSSR count). The van der Waals surface area contributed by atoms with Gasteiger partial charge in [-0.2, -0.15) is 0 Å². The van der Waals surface area contributed by atoms with Gasteiger partial charge in [0.05, 0.1) is 12.2 Å². The lowest BCUT2D eigenvalue weighted by Gasteiger charge is -2.10. The Balaban J connectivity index is 1.97. The molecule has 0 saturated carbocycles. The molecule has 0 aliphatic rings. The number of carbonyl (C=O) groups is 2. The van der Waals surface area contributed by atoms with Crippen LogP contribution in [0, 0.1) is 0 Å². The third kappa shape index (κ3) is 35.5. The Morgan fingerprint density at radius 3 is 1.18 bits per heavy atom. The van der Waals surface area contributed by atoms with Gasteiger partial charge in [-0.3, -0.25) is 9.59 Å². The average molecular weight is 827 g/mol. The number of unbranched alkanes of at least 4 members (excludes halogenated alkanes) is 22. The number of rotatable bonds is 40. The Morgan fingerprint density at radius 2 is 0.836 bits per heavy atom. The highest BCUT2D eigenvalue weighted by molar-refractivity contribution is 8.03. The van der Waals surface area contributed by atoms with E-state index < -0.39 is 12.2 Å². The number of thioether (sulfide) groups is 2. The lowest BCUT2D eigenvalue weighted by Crippen LogP contribution is -2.20. The number of aliphatic hydroxyl groups is 2. The van der Waals surface area contributed by atoms with Gasteiger partial charge in [0.15, 0.2) is 8.68 Å². The van der Waals surface area contributed by atoms with Gasteiger partial charge in [-0.25, -0.2) is 0 Å². The van der Waals surface area contributed by atoms with Crippen molar-refractivity contribution in [3.8, 4) is 0 Å². The number of esters is 2. The molecule has 2 atom stereocenters. The molecule has 0 radical (unpaired) electrons. The van der Waals surface area contributed by atoms with Crippen molar-refractivity contribution in [1.29, 1.82) is 0 Å². The second-order valence-electron chi connectivity index (χ2n) is 14.8. The Kier molecular flexibility index (Phi) is 37.0. The average Bonchev–Trinajstić information content (AvgIpc) is 3.65. The van der Waals surface area contributed by atoms with E-state index in [0.29, 0.717) is 33.0 Å². The smallest absolute Gasteiger partial charge is 0.305 e. The molecular weight excluding hydrogens is 749 g/mol. The SMILES string of the molecule is CCCCCCCC/C=C\CCCCCCCC(=O)OCC(O)CSc1nnc(SCC(O)COC(=O)CCCCCCC/C=C\CCCCCCCC)s1. The molecule has 55 heavy (non-hydrogen) atoms. The number of allylic oxidation sites excluding steroid dienone is 4. The van der Waals surface area contributed by atoms with Gasteiger partial charge in [0, 0.05) is 24.3 Å². The van der Waals surface area contributed by atoms with E-state index in [1.165, 1.54) is 150 Å². The third-order valence-corrected chi connectivity index (χ3v) is 12.8. The molecule has 0 aliphatic heterocycles. The van der Waals surface area contributed by atoms with Crippen LogP contribution in [0.2, 0.25) is 0 Å². The van der Waals surface area contributed by atoms with Crippen LogP contribution in [0.25, 0.3) is 0 Å². The van der Waals surface area contributed by atoms with Crippen LogP contribution in [-0.2, 0) is 19.1 Å². The summed E-state index contributed by atoms with van der Waals surface area (Å²) in [7, 11) is 0. The molecule has 0 aromatic carbocycles. The molecule has 1 heterocycles. The van der Waals surface area contributed by atoms with Gasteiger partial charge >= 0.3 is 11.9 Å². The molecule has 11 heteroatoms. The quantitative estimate of drug-likeness (QED) is 0.0286. The van der Waals surface area contributed by atoms with Crippen LogP contribution < -0.4 is 0 Å². The summed E-state index contributed by atoms with van der Waals surface area (Å²) in [4.78, 5) is 24.2. The maximum atomic E-state index is 12.1. The van der Waals surface area contributed by atoms with Crippen molar-refractivity contribution >= 4 is 46.8 Å². The fraction of sp³-hybridized carbons (Fsp3) is 0.818. The number of ether oxygens (including phenoxy) is 2. The topological polar surface area (TPSA) is 119 Å². The molecule has 1 aromatic rings. The number of hydrogen-bond donors (Lipinski definition) is 2. The van der Waals surface area contributed by atoms with Crippen LogP contribution in [0.4, 0.5) is 0 Å². The summed E-state index contributed by atoms with van der Waals surface area (Å²) in [5.41, 5.74) is 0. The van der Waals surface area contributed by atoms with Crippen molar-refractivity contribution in [2.45, 2.75) is 215 Å². The zero-order chi connectivity index (χ0) is 39.9. The molecule has 0 saturated heterocycles. The number of carbonyl (C=O) groups excluding carboxylic acids is 2. The minimum atomic E-state index is -0.786. The molecule has 0 bridgehead atoms. The summed E-state index contributed by atoms with van der Waals surface area (Å²) < 4.78 is 11.9. The zero-order valence-electron chi connectivity index (χ0n) is 34.7. The van der Waals surface area contributed by atoms with E-state index in [2.05, 4.69) is 48.3 Å². The highest BCUT2D eigenvalue weighted by Gasteiger charge is 2.14. The number of aromatic nitrogens is 2. The largest absolute Gasteiger partial charge is 0.463 e. The Hall–Kier alpha value is -1.40. The molecule has 2 N–H and O–H groups in total. The monoisotopic (exact) mass is 827 g/mol. The molecule has 8 nitrogen and oxygen atoms in total. The van der Waals surface area contributed by atoms with Crippen molar-refractivity contribution in [1.82, 2.24) is 10.2 Å². The first-order chi connectivity index (χ1) is 26.9. The van der Waals surface area contributed by atoms with E-state index in [1.54, 1.807) is 0 Å². The van der Waals surface area contributed by atoms with E-state index in [-0.39, 0.29) is 25.2 Å². The van der Waals surface area contributed by atoms with Gasteiger partial charge in [0.1, 0.15) is 13.2 Å². The number of aliphatic hydroxyl groups excluding tert-OH is 2. The maximum Gasteiger partial charge on any atom is 0.305 e. The van der Waals surface area contributed by atoms with Crippen LogP contribution in [-0.4, -0.2) is 69.3 Å². The first kappa shape index (κ1) is 51.6. The minimum absolute atomic E-state index is 0.0283. The van der Waals surface area contributed by atoms with Crippen molar-refractivity contribution in [2.75, 3.05) is 24.7 Å². The van der Waals surface area contributed by atoms with Crippen LogP contribution in [0.3, 0.4) is 0 Å². The highest BCUT2D eigenvalue weighted by atomic mass is 32.2. The summed E-state index contributed by atoms with van der Waals surface area (Å²) in [6.07, 6.45) is 40.1. The molecule has 0 amide bonds. The van der Waals surface area contributed by atoms with E-state index >= 15 is 0 Å². The second-order valence-corrected chi connectivity index (χ2v) is 18.3. The standard InChI is InChI=1S/C44H78N2O6S3/c1-3-5-7-9-11-13-15-17-19-21-23-25-27-29-31-33-41(49)51-35-39(47)37-53-43-45-46-44(55-43)54-38-40(48)36-52-42(50)34-32-30-28-26-24-22-20-18-16-14-12-10-8-6-4-2/h17-20,39-40,47-48H,3-16,21-38H2,1-2H3/b19-17-,20-18-. The summed E-state index contributed by atoms with van der Waals surface area (Å²) in [6.45, 7) is 4.46. The maximum absolute atomic E-state index is 12.1. The Bertz CT molecular complexity index is 1010. The number of nitrogens with zero attached hydrogens (tertiary/aromatic N) is 2. The van der Waals surface area contributed by atoms with Crippen LogP contribution in [0.15, 0.2) is 33.0 Å². The van der Waals surface area contributed by atoms with Gasteiger partial charge in [-0.1, -0.05) is 176 Å². The zero-order valence-corrected chi connectivity index (χ0v) is 37.2. The molecule has 2 unspecified atom stereocenters. The van der Waals surface area contributed by atoms with E-state index in [1.807, 2.05) is 0 Å². The van der Waals surface area contributed by atoms with Crippen molar-refractivity contribution in [3.05, 3.63) is 24.3 Å². The van der Waals surface area contributed by atoms with Crippen LogP contribution in [0.1, 0.15) is 194 Å². The number of hydrogen-bond acceptors (Lipinski definition) is 11. The second kappa shape index (κ2) is 39.4. The van der Waals surface area contributed by atoms with Crippen molar-refractivity contribution in [2.24, 2.45) is 0 Å². The van der Waals surface area contributed by atoms with Gasteiger partial charge in [0.25, 0.3) is 0 Å². The van der Waals surface area contributed by atoms with Gasteiger partial charge < -0.3 is 19.7 Å². The molecule has 0 fully saturated rings. The normalized spacial score (nSPS) is 12.9. The first-order valence-electron chi connectivity index (χ1n) is 22.0. The Labute approximate surface area is 348 Å². The lowest BCUT2D eigenvalue weighted by atomic mass is 10.1. The fourth-order valence-corrected chi connectivity index (χ4v) is 8.83. The van der Waals surface area contributed by atoms with Crippen molar-refractivity contribution in [3.63, 3.8) is 0 Å². The minimum Gasteiger partial charge on any atom is -0.463 e. The molecular formula is C44H78N2O6S3. The van der Waals surface area contributed by atoms with Gasteiger partial charge in [-0.05, 0) is 64.2 Å². The molecule has 0 aliphatic carbocycles. The van der Waals surface area contributed by atoms with E-state index in [4.69, 9.17) is 9.47 Å². The van der Waals surface area contributed by atoms with E-state index in [9.17, 15) is 19.8 Å². The molecule has 0 spiro atoms. The Morgan fingerprint density at radius 1 is 0.527 bits per heavy atom. The third-order valence-electron chi connectivity index (χ3n) is 9.35. The van der Waals surface area contributed by atoms with E-state index in [0.717, 1.165) is 51.4 Å². The van der Waals surface area contributed by atoms with Crippen molar-refractivity contribution < 1.29 is 29.3 Å². The molecule has 1 aromatic heterocycles. The predicted octanol–water partition coefficient (Wildman–Crippen LogP) is 12.6. The summed E-state index contributed by atoms with van der Waals surface area (Å²) in [5, 5.41) is 28.9. The highest BCUT2D eigenvalue weighted by Crippen LogP contribution is 2.29. The van der Waals surface area contributed by atoms with Crippen LogP contribution >= 0.6 is 34.9 Å². The van der Waals surface area contributed by atoms with Crippen LogP contribution in [0.5, 0.6) is 0 Å². The summed E-state index contributed by atoms with van der Waals surface area (Å²) >= 11 is 4.10. The first-order valence-corrected chi connectivity index (χ1v) is 24.8. The lowest BCUT2D eigenvalue weighted by molar-refractivity contribution is -0.147. The summed E-state index contributed by atoms with van der Waals surface area (Å²) in [6, 6.07) is 0. The molecule has 318 valence electrons. The predicted molar refractivity (Wildman–Crippen MR) is 234 cm³/mol. The van der Waals surface area contributed by atoms with Gasteiger partial charge in [-0.15, -0.1) is 10.2 Å². The fourth-order valence-electron chi connectivity index (χ4n) is 5.95. The summed E-state index contributed by atoms with van der Waals surface area (Å²) in [5.74, 6) is 0.164. The van der Waals surface area contributed by atoms with Gasteiger partial charge in [0.2, 0.25) is 0 Å².